The molecule has 146 valence electrons. The Bertz CT molecular complexity index is 719. The summed E-state index contributed by atoms with van der Waals surface area (Å²) in [6.07, 6.45) is 8.64. The highest BCUT2D eigenvalue weighted by Crippen LogP contribution is 2.61. The number of para-hydroxylation sites is 1. The van der Waals surface area contributed by atoms with Gasteiger partial charge in [-0.3, -0.25) is 9.59 Å². The van der Waals surface area contributed by atoms with Crippen LogP contribution in [-0.2, 0) is 16.0 Å². The lowest BCUT2D eigenvalue weighted by Gasteiger charge is -2.59. The number of anilines is 1. The van der Waals surface area contributed by atoms with E-state index in [1.54, 1.807) is 0 Å². The Labute approximate surface area is 162 Å². The highest BCUT2D eigenvalue weighted by atomic mass is 16.2. The number of nitrogens with one attached hydrogen (secondary N) is 2. The number of benzene rings is 1. The van der Waals surface area contributed by atoms with Gasteiger partial charge >= 0.3 is 11.8 Å². The van der Waals surface area contributed by atoms with Crippen molar-refractivity contribution < 1.29 is 9.59 Å². The molecule has 4 nitrogen and oxygen atoms in total. The average Bonchev–Trinajstić information content (AvgIpc) is 2.62. The molecule has 5 rings (SSSR count). The van der Waals surface area contributed by atoms with Gasteiger partial charge in [-0.15, -0.1) is 0 Å². The lowest BCUT2D eigenvalue weighted by Crippen LogP contribution is -2.57. The quantitative estimate of drug-likeness (QED) is 0.782. The van der Waals surface area contributed by atoms with Gasteiger partial charge in [-0.25, -0.2) is 0 Å². The second kappa shape index (κ2) is 6.96. The number of carbonyl (C=O) groups excluding carboxylic acids is 2. The smallest absolute Gasteiger partial charge is 0.313 e. The Balaban J connectivity index is 1.43. The Hall–Kier alpha value is -1.84. The maximum absolute atomic E-state index is 12.6. The van der Waals surface area contributed by atoms with Crippen LogP contribution in [0.1, 0.15) is 63.5 Å². The number of rotatable bonds is 4. The predicted molar refractivity (Wildman–Crippen MR) is 107 cm³/mol. The van der Waals surface area contributed by atoms with E-state index < -0.39 is 11.8 Å². The first kappa shape index (κ1) is 18.5. The predicted octanol–water partition coefficient (Wildman–Crippen LogP) is 4.22. The normalized spacial score (nSPS) is 32.2. The van der Waals surface area contributed by atoms with Gasteiger partial charge in [0.15, 0.2) is 0 Å². The second-order valence-electron chi connectivity index (χ2n) is 9.39. The summed E-state index contributed by atoms with van der Waals surface area (Å²) in [5.74, 6) is 1.47. The molecule has 27 heavy (non-hydrogen) atoms. The summed E-state index contributed by atoms with van der Waals surface area (Å²) in [7, 11) is 0. The van der Waals surface area contributed by atoms with E-state index in [2.05, 4.69) is 24.5 Å². The van der Waals surface area contributed by atoms with Crippen LogP contribution in [0.15, 0.2) is 18.2 Å². The van der Waals surface area contributed by atoms with Crippen LogP contribution in [0.4, 0.5) is 5.69 Å². The first-order valence-electron chi connectivity index (χ1n) is 10.6. The third-order valence-electron chi connectivity index (χ3n) is 7.54. The monoisotopic (exact) mass is 368 g/mol. The molecular weight excluding hydrogens is 336 g/mol. The van der Waals surface area contributed by atoms with Crippen LogP contribution in [0.2, 0.25) is 0 Å². The van der Waals surface area contributed by atoms with Crippen molar-refractivity contribution in [1.82, 2.24) is 5.32 Å². The standard InChI is InChI=1S/C23H32N2O2/c1-4-19-7-5-6-14(2)20(19)25-22(27)21(26)24-15(3)23-11-16-8-17(12-23)10-18(9-16)13-23/h5-7,15-18H,4,8-13H2,1-3H3,(H,24,26)(H,25,27). The topological polar surface area (TPSA) is 58.2 Å². The van der Waals surface area contributed by atoms with E-state index in [9.17, 15) is 9.59 Å². The SMILES string of the molecule is CCc1cccc(C)c1NC(=O)C(=O)NC(C)C12CC3CC(CC(C3)C1)C2. The van der Waals surface area contributed by atoms with Gasteiger partial charge in [0.25, 0.3) is 0 Å². The van der Waals surface area contributed by atoms with Crippen LogP contribution in [0.3, 0.4) is 0 Å². The zero-order valence-electron chi connectivity index (χ0n) is 16.8. The van der Waals surface area contributed by atoms with E-state index in [0.717, 1.165) is 41.0 Å². The summed E-state index contributed by atoms with van der Waals surface area (Å²) in [5.41, 5.74) is 3.04. The van der Waals surface area contributed by atoms with Crippen molar-refractivity contribution in [3.8, 4) is 0 Å². The molecule has 1 unspecified atom stereocenters. The Morgan fingerprint density at radius 1 is 1.07 bits per heavy atom. The fraction of sp³-hybridized carbons (Fsp3) is 0.652. The molecule has 2 amide bonds. The van der Waals surface area contributed by atoms with E-state index in [1.807, 2.05) is 25.1 Å². The minimum absolute atomic E-state index is 0.0617. The lowest BCUT2D eigenvalue weighted by molar-refractivity contribution is -0.138. The number of carbonyl (C=O) groups is 2. The largest absolute Gasteiger partial charge is 0.345 e. The number of amides is 2. The first-order chi connectivity index (χ1) is 12.9. The van der Waals surface area contributed by atoms with Gasteiger partial charge in [-0.1, -0.05) is 25.1 Å². The van der Waals surface area contributed by atoms with Gasteiger partial charge in [0.2, 0.25) is 0 Å². The summed E-state index contributed by atoms with van der Waals surface area (Å²) in [5, 5.41) is 5.92. The van der Waals surface area contributed by atoms with E-state index in [4.69, 9.17) is 0 Å². The summed E-state index contributed by atoms with van der Waals surface area (Å²) in [6, 6.07) is 6.01. The maximum atomic E-state index is 12.6. The molecule has 0 saturated heterocycles. The van der Waals surface area contributed by atoms with Crippen molar-refractivity contribution in [2.75, 3.05) is 5.32 Å². The molecule has 4 heteroatoms. The summed E-state index contributed by atoms with van der Waals surface area (Å²) in [4.78, 5) is 25.2. The van der Waals surface area contributed by atoms with Gasteiger partial charge in [0.1, 0.15) is 0 Å². The third kappa shape index (κ3) is 3.39. The van der Waals surface area contributed by atoms with Gasteiger partial charge in [-0.2, -0.15) is 0 Å². The molecule has 4 aliphatic carbocycles. The van der Waals surface area contributed by atoms with E-state index in [1.165, 1.54) is 38.5 Å². The molecule has 0 aliphatic heterocycles. The zero-order valence-corrected chi connectivity index (χ0v) is 16.8. The fourth-order valence-electron chi connectivity index (χ4n) is 6.50. The first-order valence-corrected chi connectivity index (χ1v) is 10.6. The van der Waals surface area contributed by atoms with Crippen LogP contribution in [0.5, 0.6) is 0 Å². The molecule has 0 spiro atoms. The molecule has 4 aliphatic rings. The van der Waals surface area contributed by atoms with Crippen LogP contribution in [0, 0.1) is 30.1 Å². The fourth-order valence-corrected chi connectivity index (χ4v) is 6.50. The third-order valence-corrected chi connectivity index (χ3v) is 7.54. The molecular formula is C23H32N2O2. The lowest BCUT2D eigenvalue weighted by atomic mass is 9.48. The highest BCUT2D eigenvalue weighted by molar-refractivity contribution is 6.39. The van der Waals surface area contributed by atoms with Gasteiger partial charge in [0.05, 0.1) is 0 Å². The van der Waals surface area contributed by atoms with Crippen LogP contribution in [-0.4, -0.2) is 17.9 Å². The van der Waals surface area contributed by atoms with Crippen molar-refractivity contribution in [2.45, 2.75) is 71.8 Å². The van der Waals surface area contributed by atoms with Gasteiger partial charge < -0.3 is 10.6 Å². The van der Waals surface area contributed by atoms with Crippen LogP contribution >= 0.6 is 0 Å². The van der Waals surface area contributed by atoms with Crippen molar-refractivity contribution >= 4 is 17.5 Å². The van der Waals surface area contributed by atoms with E-state index in [0.29, 0.717) is 0 Å². The summed E-state index contributed by atoms with van der Waals surface area (Å²) >= 11 is 0. The molecule has 4 fully saturated rings. The summed E-state index contributed by atoms with van der Waals surface area (Å²) in [6.45, 7) is 6.13. The van der Waals surface area contributed by atoms with E-state index in [-0.39, 0.29) is 11.5 Å². The molecule has 0 aromatic heterocycles. The second-order valence-corrected chi connectivity index (χ2v) is 9.39. The van der Waals surface area contributed by atoms with E-state index >= 15 is 0 Å². The van der Waals surface area contributed by atoms with Crippen molar-refractivity contribution in [1.29, 1.82) is 0 Å². The van der Waals surface area contributed by atoms with Crippen molar-refractivity contribution in [3.63, 3.8) is 0 Å². The summed E-state index contributed by atoms with van der Waals surface area (Å²) < 4.78 is 0. The highest BCUT2D eigenvalue weighted by Gasteiger charge is 2.53. The van der Waals surface area contributed by atoms with Gasteiger partial charge in [-0.05, 0) is 93.1 Å². The number of hydrogen-bond donors (Lipinski definition) is 2. The zero-order chi connectivity index (χ0) is 19.2. The molecule has 0 heterocycles. The molecule has 0 radical (unpaired) electrons. The van der Waals surface area contributed by atoms with Gasteiger partial charge in [0, 0.05) is 11.7 Å². The van der Waals surface area contributed by atoms with Crippen molar-refractivity contribution in [3.05, 3.63) is 29.3 Å². The molecule has 4 saturated carbocycles. The number of hydrogen-bond acceptors (Lipinski definition) is 2. The molecule has 2 N–H and O–H groups in total. The molecule has 1 atom stereocenters. The maximum Gasteiger partial charge on any atom is 0.313 e. The molecule has 1 aromatic carbocycles. The number of aryl methyl sites for hydroxylation is 2. The Morgan fingerprint density at radius 2 is 1.67 bits per heavy atom. The van der Waals surface area contributed by atoms with Crippen LogP contribution < -0.4 is 10.6 Å². The van der Waals surface area contributed by atoms with Crippen molar-refractivity contribution in [2.24, 2.45) is 23.2 Å². The Morgan fingerprint density at radius 3 is 2.22 bits per heavy atom. The molecule has 4 bridgehead atoms. The van der Waals surface area contributed by atoms with Crippen LogP contribution in [0.25, 0.3) is 0 Å². The average molecular weight is 369 g/mol. The molecule has 1 aromatic rings. The Kier molecular flexibility index (Phi) is 4.77. The minimum atomic E-state index is -0.546. The minimum Gasteiger partial charge on any atom is -0.345 e.